The first-order valence-electron chi connectivity index (χ1n) is 10.1. The number of para-hydroxylation sites is 1. The second-order valence-electron chi connectivity index (χ2n) is 7.21. The molecule has 1 amide bonds. The normalized spacial score (nSPS) is 16.5. The lowest BCUT2D eigenvalue weighted by Crippen LogP contribution is -2.41. The van der Waals surface area contributed by atoms with Crippen LogP contribution < -0.4 is 0 Å². The SMILES string of the molecule is CCOC(=O)c1cn(C2CCCN(C(=O)c3ccccc3-n3nccn3)C2)nc1C. The molecule has 1 aliphatic rings. The minimum absolute atomic E-state index is 0.000401. The number of carbonyl (C=O) groups excluding carboxylic acids is 2. The molecule has 4 rings (SSSR count). The van der Waals surface area contributed by atoms with E-state index in [1.807, 2.05) is 23.1 Å². The van der Waals surface area contributed by atoms with Gasteiger partial charge in [0.1, 0.15) is 5.56 Å². The van der Waals surface area contributed by atoms with Gasteiger partial charge in [0.25, 0.3) is 5.91 Å². The number of amides is 1. The van der Waals surface area contributed by atoms with Crippen LogP contribution in [0.25, 0.3) is 5.69 Å². The topological polar surface area (TPSA) is 95.1 Å². The molecule has 0 aliphatic carbocycles. The number of hydrogen-bond acceptors (Lipinski definition) is 6. The van der Waals surface area contributed by atoms with Crippen LogP contribution in [0.1, 0.15) is 52.2 Å². The van der Waals surface area contributed by atoms with Crippen LogP contribution in [-0.4, -0.2) is 61.2 Å². The number of nitrogens with zero attached hydrogens (tertiary/aromatic N) is 6. The number of hydrogen-bond donors (Lipinski definition) is 0. The fourth-order valence-electron chi connectivity index (χ4n) is 3.77. The van der Waals surface area contributed by atoms with E-state index in [1.54, 1.807) is 43.2 Å². The van der Waals surface area contributed by atoms with E-state index < -0.39 is 0 Å². The van der Waals surface area contributed by atoms with Gasteiger partial charge in [-0.15, -0.1) is 0 Å². The number of aromatic nitrogens is 5. The Morgan fingerprint density at radius 3 is 2.70 bits per heavy atom. The van der Waals surface area contributed by atoms with Crippen LogP contribution in [0, 0.1) is 6.92 Å². The predicted octanol–water partition coefficient (Wildman–Crippen LogP) is 2.43. The zero-order valence-electron chi connectivity index (χ0n) is 17.1. The average Bonchev–Trinajstić information content (AvgIpc) is 3.43. The number of likely N-dealkylation sites (tertiary alicyclic amines) is 1. The molecule has 1 atom stereocenters. The van der Waals surface area contributed by atoms with Crippen molar-refractivity contribution >= 4 is 11.9 Å². The maximum absolute atomic E-state index is 13.3. The Hall–Kier alpha value is -3.49. The van der Waals surface area contributed by atoms with E-state index >= 15 is 0 Å². The number of ether oxygens (including phenoxy) is 1. The Kier molecular flexibility index (Phi) is 5.60. The van der Waals surface area contributed by atoms with Crippen molar-refractivity contribution in [2.45, 2.75) is 32.7 Å². The minimum atomic E-state index is -0.370. The van der Waals surface area contributed by atoms with Gasteiger partial charge in [0.15, 0.2) is 0 Å². The molecule has 30 heavy (non-hydrogen) atoms. The highest BCUT2D eigenvalue weighted by atomic mass is 16.5. The van der Waals surface area contributed by atoms with Crippen LogP contribution >= 0.6 is 0 Å². The highest BCUT2D eigenvalue weighted by molar-refractivity contribution is 5.97. The summed E-state index contributed by atoms with van der Waals surface area (Å²) in [7, 11) is 0. The monoisotopic (exact) mass is 408 g/mol. The third-order valence-electron chi connectivity index (χ3n) is 5.24. The first-order valence-corrected chi connectivity index (χ1v) is 10.1. The van der Waals surface area contributed by atoms with Gasteiger partial charge in [-0.05, 0) is 38.8 Å². The van der Waals surface area contributed by atoms with E-state index in [-0.39, 0.29) is 17.9 Å². The number of benzene rings is 1. The Labute approximate surface area is 174 Å². The van der Waals surface area contributed by atoms with Crippen molar-refractivity contribution in [3.05, 3.63) is 59.7 Å². The van der Waals surface area contributed by atoms with Crippen molar-refractivity contribution < 1.29 is 14.3 Å². The largest absolute Gasteiger partial charge is 0.462 e. The van der Waals surface area contributed by atoms with Crippen molar-refractivity contribution in [1.82, 2.24) is 29.7 Å². The predicted molar refractivity (Wildman–Crippen MR) is 108 cm³/mol. The van der Waals surface area contributed by atoms with Crippen molar-refractivity contribution in [2.75, 3.05) is 19.7 Å². The van der Waals surface area contributed by atoms with Gasteiger partial charge in [-0.3, -0.25) is 9.48 Å². The Balaban J connectivity index is 1.55. The molecule has 1 aliphatic heterocycles. The number of piperidine rings is 1. The standard InChI is InChI=1S/C21H24N6O3/c1-3-30-21(29)18-14-26(24-15(18)2)16-7-6-12-25(13-16)20(28)17-8-4-5-9-19(17)27-22-10-11-23-27/h4-5,8-11,14,16H,3,6-7,12-13H2,1-2H3. The van der Waals surface area contributed by atoms with Crippen LogP contribution in [-0.2, 0) is 4.74 Å². The molecule has 0 radical (unpaired) electrons. The summed E-state index contributed by atoms with van der Waals surface area (Å²) in [6.07, 6.45) is 6.63. The van der Waals surface area contributed by atoms with Crippen LogP contribution in [0.2, 0.25) is 0 Å². The fourth-order valence-corrected chi connectivity index (χ4v) is 3.77. The lowest BCUT2D eigenvalue weighted by molar-refractivity contribution is 0.0524. The zero-order valence-corrected chi connectivity index (χ0v) is 17.1. The molecule has 0 bridgehead atoms. The van der Waals surface area contributed by atoms with Gasteiger partial charge in [-0.1, -0.05) is 12.1 Å². The number of carbonyl (C=O) groups is 2. The summed E-state index contributed by atoms with van der Waals surface area (Å²) in [5.74, 6) is -0.437. The van der Waals surface area contributed by atoms with Crippen molar-refractivity contribution in [2.24, 2.45) is 0 Å². The molecule has 1 unspecified atom stereocenters. The molecule has 9 nitrogen and oxygen atoms in total. The molecule has 1 fully saturated rings. The zero-order chi connectivity index (χ0) is 21.1. The van der Waals surface area contributed by atoms with Crippen LogP contribution in [0.4, 0.5) is 0 Å². The maximum atomic E-state index is 13.3. The first-order chi connectivity index (χ1) is 14.6. The molecule has 3 heterocycles. The second kappa shape index (κ2) is 8.48. The second-order valence-corrected chi connectivity index (χ2v) is 7.21. The lowest BCUT2D eigenvalue weighted by Gasteiger charge is -2.33. The molecule has 1 aromatic carbocycles. The molecule has 2 aromatic heterocycles. The van der Waals surface area contributed by atoms with E-state index in [1.165, 1.54) is 4.80 Å². The summed E-state index contributed by atoms with van der Waals surface area (Å²) in [6.45, 7) is 5.07. The smallest absolute Gasteiger partial charge is 0.341 e. The van der Waals surface area contributed by atoms with Gasteiger partial charge < -0.3 is 9.64 Å². The summed E-state index contributed by atoms with van der Waals surface area (Å²) in [5, 5.41) is 12.8. The summed E-state index contributed by atoms with van der Waals surface area (Å²) >= 11 is 0. The lowest BCUT2D eigenvalue weighted by atomic mass is 10.0. The van der Waals surface area contributed by atoms with Gasteiger partial charge in [0, 0.05) is 19.3 Å². The van der Waals surface area contributed by atoms with E-state index in [2.05, 4.69) is 15.3 Å². The van der Waals surface area contributed by atoms with Crippen LogP contribution in [0.5, 0.6) is 0 Å². The molecule has 1 saturated heterocycles. The number of rotatable bonds is 5. The van der Waals surface area contributed by atoms with Crippen LogP contribution in [0.15, 0.2) is 42.9 Å². The molecule has 3 aromatic rings. The van der Waals surface area contributed by atoms with E-state index in [4.69, 9.17) is 4.74 Å². The molecule has 9 heteroatoms. The van der Waals surface area contributed by atoms with E-state index in [0.29, 0.717) is 42.2 Å². The minimum Gasteiger partial charge on any atom is -0.462 e. The summed E-state index contributed by atoms with van der Waals surface area (Å²) in [4.78, 5) is 28.7. The van der Waals surface area contributed by atoms with Gasteiger partial charge in [0.2, 0.25) is 0 Å². The maximum Gasteiger partial charge on any atom is 0.341 e. The Morgan fingerprint density at radius 1 is 1.17 bits per heavy atom. The molecular weight excluding hydrogens is 384 g/mol. The highest BCUT2D eigenvalue weighted by Gasteiger charge is 2.28. The van der Waals surface area contributed by atoms with Crippen molar-refractivity contribution in [3.8, 4) is 5.69 Å². The number of aryl methyl sites for hydroxylation is 1. The van der Waals surface area contributed by atoms with Gasteiger partial charge in [-0.2, -0.15) is 20.1 Å². The molecule has 156 valence electrons. The molecule has 0 N–H and O–H groups in total. The molecule has 0 spiro atoms. The first kappa shape index (κ1) is 19.8. The third kappa shape index (κ3) is 3.83. The Bertz CT molecular complexity index is 1040. The third-order valence-corrected chi connectivity index (χ3v) is 5.24. The van der Waals surface area contributed by atoms with Crippen molar-refractivity contribution in [3.63, 3.8) is 0 Å². The average molecular weight is 408 g/mol. The molecule has 0 saturated carbocycles. The van der Waals surface area contributed by atoms with Gasteiger partial charge in [-0.25, -0.2) is 4.79 Å². The molecular formula is C21H24N6O3. The quantitative estimate of drug-likeness (QED) is 0.602. The summed E-state index contributed by atoms with van der Waals surface area (Å²) in [6, 6.07) is 7.32. The fraction of sp³-hybridized carbons (Fsp3) is 0.381. The van der Waals surface area contributed by atoms with Gasteiger partial charge >= 0.3 is 5.97 Å². The Morgan fingerprint density at radius 2 is 1.93 bits per heavy atom. The van der Waals surface area contributed by atoms with Gasteiger partial charge in [0.05, 0.1) is 42.0 Å². The van der Waals surface area contributed by atoms with E-state index in [0.717, 1.165) is 12.8 Å². The van der Waals surface area contributed by atoms with Crippen molar-refractivity contribution in [1.29, 1.82) is 0 Å². The summed E-state index contributed by atoms with van der Waals surface area (Å²) < 4.78 is 6.90. The van der Waals surface area contributed by atoms with Crippen LogP contribution in [0.3, 0.4) is 0 Å². The highest BCUT2D eigenvalue weighted by Crippen LogP contribution is 2.25. The van der Waals surface area contributed by atoms with E-state index in [9.17, 15) is 9.59 Å². The number of esters is 1. The summed E-state index contributed by atoms with van der Waals surface area (Å²) in [5.41, 5.74) is 2.30.